The summed E-state index contributed by atoms with van der Waals surface area (Å²) in [6.07, 6.45) is 0. The van der Waals surface area contributed by atoms with Crippen LogP contribution in [0.4, 0.5) is 0 Å². The van der Waals surface area contributed by atoms with Crippen LogP contribution in [0.5, 0.6) is 0 Å². The van der Waals surface area contributed by atoms with Crippen molar-refractivity contribution in [1.29, 1.82) is 0 Å². The molecule has 0 spiro atoms. The van der Waals surface area contributed by atoms with E-state index < -0.39 is 10.0 Å². The Bertz CT molecular complexity index is 656. The lowest BCUT2D eigenvalue weighted by molar-refractivity contribution is 0.236. The van der Waals surface area contributed by atoms with Crippen LogP contribution in [0.3, 0.4) is 0 Å². The smallest absolute Gasteiger partial charge is 0.273 e. The van der Waals surface area contributed by atoms with Crippen LogP contribution in [0.25, 0.3) is 0 Å². The average molecular weight is 315 g/mol. The zero-order valence-electron chi connectivity index (χ0n) is 11.3. The van der Waals surface area contributed by atoms with Crippen LogP contribution in [-0.4, -0.2) is 20.1 Å². The van der Waals surface area contributed by atoms with Crippen molar-refractivity contribution in [3.05, 3.63) is 40.3 Å². The van der Waals surface area contributed by atoms with Gasteiger partial charge in [0, 0.05) is 16.8 Å². The molecular weight excluding hydrogens is 298 g/mol. The van der Waals surface area contributed by atoms with E-state index >= 15 is 0 Å². The van der Waals surface area contributed by atoms with Crippen molar-refractivity contribution in [2.75, 3.05) is 6.54 Å². The molecule has 0 amide bonds. The van der Waals surface area contributed by atoms with Gasteiger partial charge in [0.15, 0.2) is 0 Å². The molecule has 0 bridgehead atoms. The minimum Gasteiger partial charge on any atom is -0.446 e. The molecule has 0 atom stereocenters. The highest BCUT2D eigenvalue weighted by atomic mass is 32.2. The lowest BCUT2D eigenvalue weighted by Crippen LogP contribution is -2.36. The Labute approximate surface area is 122 Å². The molecule has 0 aromatic carbocycles. The summed E-state index contributed by atoms with van der Waals surface area (Å²) >= 11 is 1.59. The summed E-state index contributed by atoms with van der Waals surface area (Å²) in [5.74, 6) is 0.225. The molecule has 0 fully saturated rings. The van der Waals surface area contributed by atoms with E-state index in [0.29, 0.717) is 0 Å². The number of nitrogens with one attached hydrogen (secondary N) is 1. The molecule has 2 heterocycles. The SMILES string of the molecule is CC(C)(CNS(=O)(=O)c1ccc(CO)o1)c1cccs1. The molecule has 2 N–H and O–H groups in total. The molecular formula is C13H17NO4S2. The van der Waals surface area contributed by atoms with Gasteiger partial charge in [0.1, 0.15) is 12.4 Å². The number of thiophene rings is 1. The highest BCUT2D eigenvalue weighted by molar-refractivity contribution is 7.89. The van der Waals surface area contributed by atoms with Crippen LogP contribution >= 0.6 is 11.3 Å². The average Bonchev–Trinajstić information content (AvgIpc) is 3.07. The van der Waals surface area contributed by atoms with E-state index in [1.165, 1.54) is 12.1 Å². The van der Waals surface area contributed by atoms with Gasteiger partial charge in [-0.2, -0.15) is 0 Å². The Balaban J connectivity index is 2.09. The lowest BCUT2D eigenvalue weighted by Gasteiger charge is -2.23. The fourth-order valence-electron chi connectivity index (χ4n) is 1.68. The molecule has 7 heteroatoms. The fraction of sp³-hybridized carbons (Fsp3) is 0.385. The number of rotatable bonds is 6. The van der Waals surface area contributed by atoms with Crippen LogP contribution in [0.15, 0.2) is 39.2 Å². The predicted octanol–water partition coefficient (Wildman–Crippen LogP) is 2.09. The van der Waals surface area contributed by atoms with Crippen molar-refractivity contribution in [2.45, 2.75) is 31.0 Å². The van der Waals surface area contributed by atoms with E-state index in [9.17, 15) is 8.42 Å². The quantitative estimate of drug-likeness (QED) is 0.855. The van der Waals surface area contributed by atoms with Crippen molar-refractivity contribution in [3.8, 4) is 0 Å². The first-order valence-corrected chi connectivity index (χ1v) is 8.45. The maximum atomic E-state index is 12.1. The molecule has 0 aliphatic carbocycles. The highest BCUT2D eigenvalue weighted by Crippen LogP contribution is 2.27. The Morgan fingerprint density at radius 2 is 2.10 bits per heavy atom. The van der Waals surface area contributed by atoms with E-state index in [-0.39, 0.29) is 29.4 Å². The summed E-state index contributed by atoms with van der Waals surface area (Å²) in [6.45, 7) is 3.90. The summed E-state index contributed by atoms with van der Waals surface area (Å²) in [4.78, 5) is 1.11. The Kier molecular flexibility index (Phi) is 4.33. The van der Waals surface area contributed by atoms with E-state index in [1.54, 1.807) is 11.3 Å². The topological polar surface area (TPSA) is 79.5 Å². The van der Waals surface area contributed by atoms with Crippen LogP contribution in [0.1, 0.15) is 24.5 Å². The van der Waals surface area contributed by atoms with Crippen LogP contribution in [-0.2, 0) is 22.0 Å². The van der Waals surface area contributed by atoms with E-state index in [4.69, 9.17) is 9.52 Å². The van der Waals surface area contributed by atoms with Gasteiger partial charge in [0.2, 0.25) is 5.09 Å². The summed E-state index contributed by atoms with van der Waals surface area (Å²) in [5, 5.41) is 10.7. The number of aliphatic hydroxyl groups excluding tert-OH is 1. The number of sulfonamides is 1. The molecule has 0 saturated heterocycles. The van der Waals surface area contributed by atoms with Gasteiger partial charge >= 0.3 is 0 Å². The molecule has 0 radical (unpaired) electrons. The zero-order valence-corrected chi connectivity index (χ0v) is 12.9. The molecule has 110 valence electrons. The minimum absolute atomic E-state index is 0.177. The number of hydrogen-bond acceptors (Lipinski definition) is 5. The van der Waals surface area contributed by atoms with Gasteiger partial charge in [-0.05, 0) is 23.6 Å². The normalized spacial score (nSPS) is 12.8. The Morgan fingerprint density at radius 3 is 2.65 bits per heavy atom. The van der Waals surface area contributed by atoms with Crippen LogP contribution in [0, 0.1) is 0 Å². The van der Waals surface area contributed by atoms with Gasteiger partial charge in [-0.1, -0.05) is 19.9 Å². The van der Waals surface area contributed by atoms with Gasteiger partial charge in [0.25, 0.3) is 10.0 Å². The Morgan fingerprint density at radius 1 is 1.35 bits per heavy atom. The van der Waals surface area contributed by atoms with Crippen molar-refractivity contribution in [1.82, 2.24) is 4.72 Å². The second-order valence-corrected chi connectivity index (χ2v) is 7.71. The van der Waals surface area contributed by atoms with Gasteiger partial charge < -0.3 is 9.52 Å². The molecule has 2 rings (SSSR count). The van der Waals surface area contributed by atoms with Gasteiger partial charge in [-0.3, -0.25) is 0 Å². The summed E-state index contributed by atoms with van der Waals surface area (Å²) in [7, 11) is -3.70. The first-order chi connectivity index (χ1) is 9.35. The highest BCUT2D eigenvalue weighted by Gasteiger charge is 2.26. The van der Waals surface area contributed by atoms with Crippen molar-refractivity contribution < 1.29 is 17.9 Å². The maximum Gasteiger partial charge on any atom is 0.273 e. The third-order valence-electron chi connectivity index (χ3n) is 2.95. The van der Waals surface area contributed by atoms with E-state index in [2.05, 4.69) is 4.72 Å². The summed E-state index contributed by atoms with van der Waals surface area (Å²) in [6, 6.07) is 6.71. The van der Waals surface area contributed by atoms with Gasteiger partial charge in [-0.15, -0.1) is 11.3 Å². The first-order valence-electron chi connectivity index (χ1n) is 6.08. The summed E-state index contributed by atoms with van der Waals surface area (Å²) in [5.41, 5.74) is -0.298. The van der Waals surface area contributed by atoms with Crippen LogP contribution in [0.2, 0.25) is 0 Å². The molecule has 2 aromatic rings. The van der Waals surface area contributed by atoms with Crippen LogP contribution < -0.4 is 4.72 Å². The first kappa shape index (κ1) is 15.2. The largest absolute Gasteiger partial charge is 0.446 e. The number of aliphatic hydroxyl groups is 1. The lowest BCUT2D eigenvalue weighted by atomic mass is 9.92. The number of hydrogen-bond donors (Lipinski definition) is 2. The minimum atomic E-state index is -3.70. The van der Waals surface area contributed by atoms with Crippen molar-refractivity contribution >= 4 is 21.4 Å². The number of furan rings is 1. The molecule has 0 saturated carbocycles. The molecule has 2 aromatic heterocycles. The van der Waals surface area contributed by atoms with Crippen molar-refractivity contribution in [3.63, 3.8) is 0 Å². The van der Waals surface area contributed by atoms with E-state index in [1.807, 2.05) is 31.4 Å². The molecule has 0 aliphatic heterocycles. The predicted molar refractivity (Wildman–Crippen MR) is 77.2 cm³/mol. The second-order valence-electron chi connectivity index (χ2n) is 5.06. The fourth-order valence-corrected chi connectivity index (χ4v) is 3.69. The van der Waals surface area contributed by atoms with Gasteiger partial charge in [0.05, 0.1) is 0 Å². The Hall–Kier alpha value is -1.15. The standard InChI is InChI=1S/C13H17NO4S2/c1-13(2,11-4-3-7-19-11)9-14-20(16,17)12-6-5-10(8-15)18-12/h3-7,14-15H,8-9H2,1-2H3. The van der Waals surface area contributed by atoms with E-state index in [0.717, 1.165) is 4.88 Å². The third kappa shape index (κ3) is 3.29. The van der Waals surface area contributed by atoms with Gasteiger partial charge in [-0.25, -0.2) is 13.1 Å². The molecule has 0 aliphatic rings. The monoisotopic (exact) mass is 315 g/mol. The maximum absolute atomic E-state index is 12.1. The summed E-state index contributed by atoms with van der Waals surface area (Å²) < 4.78 is 31.8. The molecule has 5 nitrogen and oxygen atoms in total. The zero-order chi connectivity index (χ0) is 14.8. The van der Waals surface area contributed by atoms with Crippen molar-refractivity contribution in [2.24, 2.45) is 0 Å². The third-order valence-corrected chi connectivity index (χ3v) is 5.46. The molecule has 0 unspecified atom stereocenters. The second kappa shape index (κ2) is 5.69. The molecule has 20 heavy (non-hydrogen) atoms.